The van der Waals surface area contributed by atoms with Crippen LogP contribution in [0.2, 0.25) is 0 Å². The predicted molar refractivity (Wildman–Crippen MR) is 111 cm³/mol. The average molecular weight is 377 g/mol. The normalized spacial score (nSPS) is 19.0. The standard InChI is InChI=1S/C24H27NO3/c1-25(23(27)21-10-6-7-11-22(21)28-2)18-24(20-8-4-3-5-9-20)15-12-19(13-16-24)14-17-26/h3-11,14,17H,12-13,15-16,18H2,1-2H3. The summed E-state index contributed by atoms with van der Waals surface area (Å²) in [7, 11) is 3.44. The highest BCUT2D eigenvalue weighted by Gasteiger charge is 2.37. The Kier molecular flexibility index (Phi) is 6.30. The summed E-state index contributed by atoms with van der Waals surface area (Å²) in [5.74, 6) is 0.551. The van der Waals surface area contributed by atoms with E-state index in [-0.39, 0.29) is 11.3 Å². The molecule has 0 aromatic heterocycles. The van der Waals surface area contributed by atoms with E-state index in [0.717, 1.165) is 32.0 Å². The highest BCUT2D eigenvalue weighted by atomic mass is 16.5. The van der Waals surface area contributed by atoms with E-state index in [9.17, 15) is 9.59 Å². The molecular formula is C24H27NO3. The predicted octanol–water partition coefficient (Wildman–Crippen LogP) is 4.40. The number of allylic oxidation sites excluding steroid dienone is 2. The van der Waals surface area contributed by atoms with E-state index in [4.69, 9.17) is 4.74 Å². The Balaban J connectivity index is 1.87. The van der Waals surface area contributed by atoms with Gasteiger partial charge in [-0.15, -0.1) is 0 Å². The molecule has 2 aromatic rings. The van der Waals surface area contributed by atoms with Crippen LogP contribution in [0.1, 0.15) is 41.6 Å². The molecule has 0 N–H and O–H groups in total. The second kappa shape index (κ2) is 8.87. The molecule has 28 heavy (non-hydrogen) atoms. The largest absolute Gasteiger partial charge is 0.496 e. The number of aldehydes is 1. The van der Waals surface area contributed by atoms with E-state index in [1.54, 1.807) is 24.2 Å². The summed E-state index contributed by atoms with van der Waals surface area (Å²) in [6.07, 6.45) is 6.16. The van der Waals surface area contributed by atoms with Crippen LogP contribution in [0.15, 0.2) is 66.2 Å². The van der Waals surface area contributed by atoms with E-state index in [1.165, 1.54) is 11.1 Å². The van der Waals surface area contributed by atoms with E-state index >= 15 is 0 Å². The van der Waals surface area contributed by atoms with Crippen molar-refractivity contribution in [3.8, 4) is 5.75 Å². The molecule has 4 heteroatoms. The van der Waals surface area contributed by atoms with Crippen LogP contribution in [-0.2, 0) is 10.2 Å². The fraction of sp³-hybridized carbons (Fsp3) is 0.333. The molecule has 1 aliphatic rings. The molecule has 0 aliphatic heterocycles. The molecule has 1 amide bonds. The number of hydrogen-bond donors (Lipinski definition) is 0. The lowest BCUT2D eigenvalue weighted by molar-refractivity contribution is -0.104. The number of para-hydroxylation sites is 1. The van der Waals surface area contributed by atoms with Gasteiger partial charge in [0, 0.05) is 19.0 Å². The van der Waals surface area contributed by atoms with Crippen LogP contribution in [0.5, 0.6) is 5.75 Å². The van der Waals surface area contributed by atoms with Crippen LogP contribution >= 0.6 is 0 Å². The Morgan fingerprint density at radius 1 is 1.07 bits per heavy atom. The van der Waals surface area contributed by atoms with Crippen molar-refractivity contribution in [2.45, 2.75) is 31.1 Å². The van der Waals surface area contributed by atoms with Gasteiger partial charge >= 0.3 is 0 Å². The summed E-state index contributed by atoms with van der Waals surface area (Å²) in [4.78, 5) is 25.8. The Bertz CT molecular complexity index is 847. The number of ether oxygens (including phenoxy) is 1. The van der Waals surface area contributed by atoms with Crippen molar-refractivity contribution in [1.82, 2.24) is 4.90 Å². The average Bonchev–Trinajstić information content (AvgIpc) is 2.75. The van der Waals surface area contributed by atoms with Crippen molar-refractivity contribution in [3.63, 3.8) is 0 Å². The first-order valence-electron chi connectivity index (χ1n) is 9.67. The summed E-state index contributed by atoms with van der Waals surface area (Å²) in [5.41, 5.74) is 2.90. The highest BCUT2D eigenvalue weighted by Crippen LogP contribution is 2.42. The minimum Gasteiger partial charge on any atom is -0.496 e. The fourth-order valence-electron chi connectivity index (χ4n) is 4.20. The third-order valence-corrected chi connectivity index (χ3v) is 5.76. The van der Waals surface area contributed by atoms with Gasteiger partial charge in [0.15, 0.2) is 0 Å². The van der Waals surface area contributed by atoms with Gasteiger partial charge in [0.25, 0.3) is 5.91 Å². The Hall–Kier alpha value is -2.88. The number of rotatable bonds is 6. The van der Waals surface area contributed by atoms with Crippen LogP contribution in [-0.4, -0.2) is 37.8 Å². The molecule has 1 aliphatic carbocycles. The molecular weight excluding hydrogens is 350 g/mol. The zero-order valence-corrected chi connectivity index (χ0v) is 16.6. The van der Waals surface area contributed by atoms with Gasteiger partial charge in [0.2, 0.25) is 0 Å². The van der Waals surface area contributed by atoms with Gasteiger partial charge in [-0.25, -0.2) is 0 Å². The number of carbonyl (C=O) groups is 2. The Labute approximate surface area is 166 Å². The van der Waals surface area contributed by atoms with Crippen molar-refractivity contribution in [1.29, 1.82) is 0 Å². The van der Waals surface area contributed by atoms with Crippen molar-refractivity contribution >= 4 is 12.2 Å². The van der Waals surface area contributed by atoms with Gasteiger partial charge in [0.1, 0.15) is 12.0 Å². The van der Waals surface area contributed by atoms with Crippen LogP contribution in [0, 0.1) is 0 Å². The highest BCUT2D eigenvalue weighted by molar-refractivity contribution is 5.96. The van der Waals surface area contributed by atoms with Gasteiger partial charge in [-0.1, -0.05) is 48.0 Å². The number of hydrogen-bond acceptors (Lipinski definition) is 3. The molecule has 0 spiro atoms. The van der Waals surface area contributed by atoms with E-state index in [1.807, 2.05) is 31.3 Å². The molecule has 1 fully saturated rings. The molecule has 0 bridgehead atoms. The third-order valence-electron chi connectivity index (χ3n) is 5.76. The number of benzene rings is 2. The van der Waals surface area contributed by atoms with E-state index in [0.29, 0.717) is 17.9 Å². The van der Waals surface area contributed by atoms with Crippen LogP contribution in [0.4, 0.5) is 0 Å². The maximum atomic E-state index is 13.1. The number of methoxy groups -OCH3 is 1. The lowest BCUT2D eigenvalue weighted by Gasteiger charge is -2.41. The maximum Gasteiger partial charge on any atom is 0.257 e. The summed E-state index contributed by atoms with van der Waals surface area (Å²) >= 11 is 0. The van der Waals surface area contributed by atoms with Gasteiger partial charge in [-0.3, -0.25) is 9.59 Å². The van der Waals surface area contributed by atoms with Crippen LogP contribution in [0.25, 0.3) is 0 Å². The Morgan fingerprint density at radius 3 is 2.36 bits per heavy atom. The first kappa shape index (κ1) is 19.9. The molecule has 1 saturated carbocycles. The number of likely N-dealkylation sites (N-methyl/N-ethyl adjacent to an activating group) is 1. The summed E-state index contributed by atoms with van der Waals surface area (Å²) in [6.45, 7) is 0.627. The van der Waals surface area contributed by atoms with Gasteiger partial charge in [-0.05, 0) is 49.5 Å². The van der Waals surface area contributed by atoms with Crippen LogP contribution < -0.4 is 4.74 Å². The smallest absolute Gasteiger partial charge is 0.257 e. The third kappa shape index (κ3) is 4.16. The molecule has 0 saturated heterocycles. The van der Waals surface area contributed by atoms with Crippen molar-refractivity contribution in [3.05, 3.63) is 77.4 Å². The van der Waals surface area contributed by atoms with E-state index in [2.05, 4.69) is 24.3 Å². The Morgan fingerprint density at radius 2 is 1.71 bits per heavy atom. The van der Waals surface area contributed by atoms with E-state index < -0.39 is 0 Å². The molecule has 0 atom stereocenters. The lowest BCUT2D eigenvalue weighted by atomic mass is 9.67. The number of nitrogens with zero attached hydrogens (tertiary/aromatic N) is 1. The second-order valence-corrected chi connectivity index (χ2v) is 7.47. The molecule has 4 nitrogen and oxygen atoms in total. The molecule has 3 rings (SSSR count). The molecule has 0 unspecified atom stereocenters. The molecule has 0 radical (unpaired) electrons. The molecule has 2 aromatic carbocycles. The minimum absolute atomic E-state index is 0.0398. The molecule has 0 heterocycles. The zero-order valence-electron chi connectivity index (χ0n) is 16.6. The summed E-state index contributed by atoms with van der Waals surface area (Å²) in [6, 6.07) is 17.7. The van der Waals surface area contributed by atoms with Crippen molar-refractivity contribution in [2.24, 2.45) is 0 Å². The number of amides is 1. The fourth-order valence-corrected chi connectivity index (χ4v) is 4.20. The summed E-state index contributed by atoms with van der Waals surface area (Å²) < 4.78 is 5.37. The first-order chi connectivity index (χ1) is 13.6. The van der Waals surface area contributed by atoms with Gasteiger partial charge in [0.05, 0.1) is 12.7 Å². The molecule has 146 valence electrons. The monoisotopic (exact) mass is 377 g/mol. The first-order valence-corrected chi connectivity index (χ1v) is 9.67. The van der Waals surface area contributed by atoms with Gasteiger partial charge < -0.3 is 9.64 Å². The van der Waals surface area contributed by atoms with Crippen molar-refractivity contribution in [2.75, 3.05) is 20.7 Å². The van der Waals surface area contributed by atoms with Gasteiger partial charge in [-0.2, -0.15) is 0 Å². The van der Waals surface area contributed by atoms with Crippen LogP contribution in [0.3, 0.4) is 0 Å². The summed E-state index contributed by atoms with van der Waals surface area (Å²) in [5, 5.41) is 0. The number of carbonyl (C=O) groups excluding carboxylic acids is 2. The SMILES string of the molecule is COc1ccccc1C(=O)N(C)CC1(c2ccccc2)CCC(=CC=O)CC1. The maximum absolute atomic E-state index is 13.1. The lowest BCUT2D eigenvalue weighted by Crippen LogP contribution is -2.43. The minimum atomic E-state index is -0.117. The second-order valence-electron chi connectivity index (χ2n) is 7.47. The topological polar surface area (TPSA) is 46.6 Å². The van der Waals surface area contributed by atoms with Crippen molar-refractivity contribution < 1.29 is 14.3 Å². The quantitative estimate of drug-likeness (QED) is 0.554. The zero-order chi connectivity index (χ0) is 20.0.